The zero-order chi connectivity index (χ0) is 22.7. The highest BCUT2D eigenvalue weighted by Gasteiger charge is 2.10. The van der Waals surface area contributed by atoms with Gasteiger partial charge in [0, 0.05) is 16.5 Å². The zero-order valence-corrected chi connectivity index (χ0v) is 20.2. The Morgan fingerprint density at radius 2 is 1.94 bits per heavy atom. The van der Waals surface area contributed by atoms with Crippen molar-refractivity contribution >= 4 is 49.0 Å². The second-order valence-electron chi connectivity index (χ2n) is 6.97. The summed E-state index contributed by atoms with van der Waals surface area (Å²) in [5.41, 5.74) is 1.65. The predicted molar refractivity (Wildman–Crippen MR) is 131 cm³/mol. The van der Waals surface area contributed by atoms with Crippen LogP contribution in [0.1, 0.15) is 23.9 Å². The van der Waals surface area contributed by atoms with Gasteiger partial charge < -0.3 is 4.74 Å². The summed E-state index contributed by atoms with van der Waals surface area (Å²) in [7, 11) is 0. The molecule has 0 spiro atoms. The summed E-state index contributed by atoms with van der Waals surface area (Å²) in [6.07, 6.45) is 2.16. The first-order chi connectivity index (χ1) is 15.5. The van der Waals surface area contributed by atoms with E-state index in [1.54, 1.807) is 36.5 Å². The Morgan fingerprint density at radius 1 is 1.12 bits per heavy atom. The molecule has 4 rings (SSSR count). The SMILES string of the molecule is CCc1nc2ccc(Br)cc2c(=O)n1N=Cc1ccc(OCc2ccccc2F)c(Br)c1. The maximum Gasteiger partial charge on any atom is 0.282 e. The van der Waals surface area contributed by atoms with E-state index in [4.69, 9.17) is 4.74 Å². The highest BCUT2D eigenvalue weighted by molar-refractivity contribution is 9.10. The van der Waals surface area contributed by atoms with Crippen LogP contribution in [0.15, 0.2) is 79.5 Å². The average molecular weight is 559 g/mol. The molecule has 0 atom stereocenters. The predicted octanol–water partition coefficient (Wildman–Crippen LogP) is 6.08. The first-order valence-electron chi connectivity index (χ1n) is 9.87. The standard InChI is InChI=1S/C24H18Br2FN3O2/c1-2-23-29-21-9-8-17(25)12-18(21)24(31)30(23)28-13-15-7-10-22(19(26)11-15)32-14-16-5-3-4-6-20(16)27/h3-13H,2,14H2,1H3. The molecule has 0 N–H and O–H groups in total. The fourth-order valence-corrected chi connectivity index (χ4v) is 4.02. The first-order valence-corrected chi connectivity index (χ1v) is 11.5. The summed E-state index contributed by atoms with van der Waals surface area (Å²) in [6.45, 7) is 2.04. The molecule has 0 fully saturated rings. The second kappa shape index (κ2) is 9.75. The Labute approximate surface area is 200 Å². The van der Waals surface area contributed by atoms with Crippen LogP contribution in [0.25, 0.3) is 10.9 Å². The highest BCUT2D eigenvalue weighted by Crippen LogP contribution is 2.27. The van der Waals surface area contributed by atoms with Gasteiger partial charge in [-0.05, 0) is 64.0 Å². The van der Waals surface area contributed by atoms with Crippen molar-refractivity contribution in [3.8, 4) is 5.75 Å². The maximum atomic E-state index is 13.8. The van der Waals surface area contributed by atoms with E-state index in [1.165, 1.54) is 10.7 Å². The molecule has 0 radical (unpaired) electrons. The van der Waals surface area contributed by atoms with E-state index in [9.17, 15) is 9.18 Å². The average Bonchev–Trinajstić information content (AvgIpc) is 2.79. The monoisotopic (exact) mass is 557 g/mol. The third-order valence-electron chi connectivity index (χ3n) is 4.81. The molecule has 0 saturated carbocycles. The largest absolute Gasteiger partial charge is 0.488 e. The van der Waals surface area contributed by atoms with Gasteiger partial charge in [-0.3, -0.25) is 4.79 Å². The van der Waals surface area contributed by atoms with Crippen molar-refractivity contribution in [1.82, 2.24) is 9.66 Å². The lowest BCUT2D eigenvalue weighted by Gasteiger charge is -2.10. The Hall–Kier alpha value is -2.84. The van der Waals surface area contributed by atoms with Crippen LogP contribution in [-0.4, -0.2) is 15.9 Å². The molecule has 0 aliphatic rings. The third-order valence-corrected chi connectivity index (χ3v) is 5.92. The highest BCUT2D eigenvalue weighted by atomic mass is 79.9. The van der Waals surface area contributed by atoms with Gasteiger partial charge in [0.1, 0.15) is 24.0 Å². The number of ether oxygens (including phenoxy) is 1. The minimum Gasteiger partial charge on any atom is -0.488 e. The molecule has 0 aliphatic carbocycles. The Kier molecular flexibility index (Phi) is 6.81. The maximum absolute atomic E-state index is 13.8. The molecular weight excluding hydrogens is 541 g/mol. The van der Waals surface area contributed by atoms with Gasteiger partial charge in [-0.15, -0.1) is 0 Å². The lowest BCUT2D eigenvalue weighted by atomic mass is 10.2. The van der Waals surface area contributed by atoms with Crippen LogP contribution < -0.4 is 10.3 Å². The number of hydrogen-bond acceptors (Lipinski definition) is 4. The fraction of sp³-hybridized carbons (Fsp3) is 0.125. The summed E-state index contributed by atoms with van der Waals surface area (Å²) in [6, 6.07) is 17.3. The van der Waals surface area contributed by atoms with Crippen LogP contribution in [0.5, 0.6) is 5.75 Å². The van der Waals surface area contributed by atoms with Crippen LogP contribution in [0.4, 0.5) is 4.39 Å². The van der Waals surface area contributed by atoms with Gasteiger partial charge in [-0.25, -0.2) is 9.37 Å². The Morgan fingerprint density at radius 3 is 2.69 bits per heavy atom. The lowest BCUT2D eigenvalue weighted by molar-refractivity contribution is 0.298. The van der Waals surface area contributed by atoms with E-state index in [-0.39, 0.29) is 18.0 Å². The van der Waals surface area contributed by atoms with E-state index in [1.807, 2.05) is 31.2 Å². The molecular formula is C24H18Br2FN3O2. The second-order valence-corrected chi connectivity index (χ2v) is 8.74. The molecule has 1 aromatic heterocycles. The number of rotatable bonds is 6. The van der Waals surface area contributed by atoms with Gasteiger partial charge >= 0.3 is 0 Å². The summed E-state index contributed by atoms with van der Waals surface area (Å²) >= 11 is 6.88. The summed E-state index contributed by atoms with van der Waals surface area (Å²) in [5.74, 6) is 0.847. The number of hydrogen-bond donors (Lipinski definition) is 0. The van der Waals surface area contributed by atoms with Crippen molar-refractivity contribution in [3.05, 3.63) is 103 Å². The molecule has 0 unspecified atom stereocenters. The van der Waals surface area contributed by atoms with Crippen molar-refractivity contribution in [2.75, 3.05) is 0 Å². The molecule has 3 aromatic carbocycles. The molecule has 1 heterocycles. The third kappa shape index (κ3) is 4.81. The van der Waals surface area contributed by atoms with Crippen LogP contribution in [-0.2, 0) is 13.0 Å². The molecule has 4 aromatic rings. The van der Waals surface area contributed by atoms with Gasteiger partial charge in [0.2, 0.25) is 0 Å². The topological polar surface area (TPSA) is 56.5 Å². The summed E-state index contributed by atoms with van der Waals surface area (Å²) in [4.78, 5) is 17.5. The Bertz CT molecular complexity index is 1390. The van der Waals surface area contributed by atoms with Crippen molar-refractivity contribution in [3.63, 3.8) is 0 Å². The van der Waals surface area contributed by atoms with Crippen molar-refractivity contribution in [2.45, 2.75) is 20.0 Å². The van der Waals surface area contributed by atoms with E-state index >= 15 is 0 Å². The van der Waals surface area contributed by atoms with Crippen LogP contribution in [0.2, 0.25) is 0 Å². The fourth-order valence-electron chi connectivity index (χ4n) is 3.15. The first kappa shape index (κ1) is 22.4. The van der Waals surface area contributed by atoms with Gasteiger partial charge in [0.25, 0.3) is 5.56 Å². The number of aryl methyl sites for hydroxylation is 1. The van der Waals surface area contributed by atoms with Crippen LogP contribution >= 0.6 is 31.9 Å². The minimum atomic E-state index is -0.305. The Balaban J connectivity index is 1.59. The summed E-state index contributed by atoms with van der Waals surface area (Å²) in [5, 5.41) is 4.89. The van der Waals surface area contributed by atoms with Crippen molar-refractivity contribution in [1.29, 1.82) is 0 Å². The van der Waals surface area contributed by atoms with Crippen LogP contribution in [0.3, 0.4) is 0 Å². The molecule has 0 bridgehead atoms. The van der Waals surface area contributed by atoms with Gasteiger partial charge in [-0.2, -0.15) is 9.78 Å². The number of aromatic nitrogens is 2. The van der Waals surface area contributed by atoms with Gasteiger partial charge in [0.15, 0.2) is 0 Å². The quantitative estimate of drug-likeness (QED) is 0.269. The number of nitrogens with zero attached hydrogens (tertiary/aromatic N) is 3. The zero-order valence-electron chi connectivity index (χ0n) is 17.1. The van der Waals surface area contributed by atoms with E-state index < -0.39 is 0 Å². The molecule has 0 amide bonds. The molecule has 8 heteroatoms. The van der Waals surface area contributed by atoms with Gasteiger partial charge in [0.05, 0.1) is 21.6 Å². The van der Waals surface area contributed by atoms with E-state index in [2.05, 4.69) is 41.9 Å². The number of fused-ring (bicyclic) bond motifs is 1. The minimum absolute atomic E-state index is 0.117. The smallest absolute Gasteiger partial charge is 0.282 e. The van der Waals surface area contributed by atoms with E-state index in [0.717, 1.165) is 10.0 Å². The molecule has 0 aliphatic heterocycles. The van der Waals surface area contributed by atoms with Crippen LogP contribution in [0, 0.1) is 5.82 Å². The number of halogens is 3. The lowest BCUT2D eigenvalue weighted by Crippen LogP contribution is -2.22. The molecule has 5 nitrogen and oxygen atoms in total. The number of benzene rings is 3. The van der Waals surface area contributed by atoms with E-state index in [0.29, 0.717) is 38.9 Å². The summed E-state index contributed by atoms with van der Waals surface area (Å²) < 4.78 is 22.3. The molecule has 0 saturated heterocycles. The van der Waals surface area contributed by atoms with Crippen molar-refractivity contribution in [2.24, 2.45) is 5.10 Å². The van der Waals surface area contributed by atoms with Gasteiger partial charge in [-0.1, -0.05) is 41.1 Å². The molecule has 162 valence electrons. The normalized spacial score (nSPS) is 11.4. The van der Waals surface area contributed by atoms with Crippen molar-refractivity contribution < 1.29 is 9.13 Å². The molecule has 32 heavy (non-hydrogen) atoms.